The Bertz CT molecular complexity index is 687. The van der Waals surface area contributed by atoms with Crippen LogP contribution in [-0.2, 0) is 16.0 Å². The van der Waals surface area contributed by atoms with E-state index in [4.69, 9.17) is 11.6 Å². The summed E-state index contributed by atoms with van der Waals surface area (Å²) in [6.45, 7) is 3.65. The fourth-order valence-corrected chi connectivity index (χ4v) is 3.97. The van der Waals surface area contributed by atoms with Crippen LogP contribution in [0, 0.1) is 0 Å². The van der Waals surface area contributed by atoms with Gasteiger partial charge >= 0.3 is 5.97 Å². The summed E-state index contributed by atoms with van der Waals surface area (Å²) in [6.07, 6.45) is 4.06. The van der Waals surface area contributed by atoms with Crippen molar-refractivity contribution in [1.82, 2.24) is 14.9 Å². The third kappa shape index (κ3) is 2.38. The van der Waals surface area contributed by atoms with E-state index in [2.05, 4.69) is 21.9 Å². The number of imidazole rings is 1. The van der Waals surface area contributed by atoms with E-state index >= 15 is 0 Å². The number of rotatable bonds is 5. The van der Waals surface area contributed by atoms with Crippen molar-refractivity contribution < 1.29 is 14.7 Å². The Labute approximate surface area is 135 Å². The van der Waals surface area contributed by atoms with Gasteiger partial charge in [-0.1, -0.05) is 17.7 Å². The molecule has 0 aromatic carbocycles. The minimum absolute atomic E-state index is 0.125. The minimum Gasteiger partial charge on any atom is -0.477 e. The lowest BCUT2D eigenvalue weighted by molar-refractivity contribution is -0.147. The first kappa shape index (κ1) is 15.0. The predicted molar refractivity (Wildman–Crippen MR) is 83.5 cm³/mol. The second-order valence-corrected chi connectivity index (χ2v) is 6.40. The highest BCUT2D eigenvalue weighted by molar-refractivity contribution is 8.00. The van der Waals surface area contributed by atoms with Crippen LogP contribution in [0.4, 0.5) is 5.95 Å². The zero-order valence-electron chi connectivity index (χ0n) is 11.4. The van der Waals surface area contributed by atoms with Crippen LogP contribution in [0.1, 0.15) is 5.69 Å². The normalized spacial score (nSPS) is 23.9. The number of aromatic amines is 1. The molecule has 2 aliphatic heterocycles. The van der Waals surface area contributed by atoms with E-state index in [1.54, 1.807) is 12.3 Å². The van der Waals surface area contributed by atoms with Gasteiger partial charge in [-0.3, -0.25) is 9.69 Å². The predicted octanol–water partition coefficient (Wildman–Crippen LogP) is 1.37. The fourth-order valence-electron chi connectivity index (χ4n) is 2.42. The molecule has 3 heterocycles. The highest BCUT2D eigenvalue weighted by atomic mass is 35.5. The molecule has 0 saturated carbocycles. The van der Waals surface area contributed by atoms with E-state index in [-0.39, 0.29) is 22.0 Å². The Morgan fingerprint density at radius 2 is 2.50 bits per heavy atom. The second kappa shape index (κ2) is 5.69. The quantitative estimate of drug-likeness (QED) is 0.553. The van der Waals surface area contributed by atoms with Gasteiger partial charge in [0.25, 0.3) is 5.91 Å². The summed E-state index contributed by atoms with van der Waals surface area (Å²) in [4.78, 5) is 31.9. The van der Waals surface area contributed by atoms with Crippen molar-refractivity contribution in [1.29, 1.82) is 0 Å². The molecule has 1 amide bonds. The molecule has 2 aliphatic rings. The molecule has 1 saturated heterocycles. The number of carboxylic acids is 1. The number of carbonyl (C=O) groups excluding carboxylic acids is 1. The molecule has 0 aliphatic carbocycles. The average Bonchev–Trinajstić information content (AvgIpc) is 2.92. The first-order valence-corrected chi connectivity index (χ1v) is 7.93. The van der Waals surface area contributed by atoms with Crippen LogP contribution in [0.5, 0.6) is 0 Å². The molecule has 1 fully saturated rings. The summed E-state index contributed by atoms with van der Waals surface area (Å²) in [5.74, 6) is -0.661. The number of allylic oxidation sites excluding steroid dienone is 1. The summed E-state index contributed by atoms with van der Waals surface area (Å²) in [5, 5.41) is 12.1. The smallest absolute Gasteiger partial charge is 0.353 e. The van der Waals surface area contributed by atoms with Crippen LogP contribution in [0.15, 0.2) is 29.6 Å². The van der Waals surface area contributed by atoms with Gasteiger partial charge in [0.15, 0.2) is 0 Å². The molecule has 0 radical (unpaired) electrons. The molecule has 9 heteroatoms. The van der Waals surface area contributed by atoms with Gasteiger partial charge in [-0.25, -0.2) is 9.78 Å². The maximum absolute atomic E-state index is 12.2. The highest BCUT2D eigenvalue weighted by Crippen LogP contribution is 2.42. The number of H-pyrrole nitrogens is 1. The molecular weight excluding hydrogens is 328 g/mol. The van der Waals surface area contributed by atoms with Gasteiger partial charge in [0.1, 0.15) is 17.1 Å². The average molecular weight is 341 g/mol. The third-order valence-corrected chi connectivity index (χ3v) is 5.16. The number of aromatic nitrogens is 2. The summed E-state index contributed by atoms with van der Waals surface area (Å²) < 4.78 is 0. The zero-order valence-corrected chi connectivity index (χ0v) is 12.9. The van der Waals surface area contributed by atoms with E-state index in [1.807, 2.05) is 0 Å². The van der Waals surface area contributed by atoms with Crippen LogP contribution in [0.3, 0.4) is 0 Å². The number of halogens is 1. The molecule has 0 spiro atoms. The van der Waals surface area contributed by atoms with E-state index in [9.17, 15) is 14.7 Å². The lowest BCUT2D eigenvalue weighted by Crippen LogP contribution is -2.67. The van der Waals surface area contributed by atoms with Crippen molar-refractivity contribution >= 4 is 41.2 Å². The molecule has 1 aromatic rings. The number of aliphatic carboxylic acids is 1. The molecule has 22 heavy (non-hydrogen) atoms. The molecule has 2 atom stereocenters. The number of carboxylic acid groups (broad SMARTS) is 1. The monoisotopic (exact) mass is 340 g/mol. The van der Waals surface area contributed by atoms with Crippen molar-refractivity contribution in [3.05, 3.63) is 35.3 Å². The number of nitrogens with one attached hydrogen (secondary N) is 2. The number of fused-ring (bicyclic) bond motifs is 1. The van der Waals surface area contributed by atoms with Gasteiger partial charge in [0.2, 0.25) is 5.95 Å². The maximum Gasteiger partial charge on any atom is 0.353 e. The number of β-lactam (4-membered cyclic amide) rings is 1. The first-order valence-electron chi connectivity index (χ1n) is 6.51. The standard InChI is InChI=1S/C13H13ClN4O3S/c1-2-3-6-4-15-13(16-6)17-8-10(19)18-9(12(20)21)7(14)5-22-11(8)18/h2,4,8,11H,1,3,5H2,(H,20,21)(H2,15,16,17)/t8?,11-/m1/s1. The molecule has 7 nitrogen and oxygen atoms in total. The van der Waals surface area contributed by atoms with Crippen LogP contribution in [0.2, 0.25) is 0 Å². The number of hydrogen-bond donors (Lipinski definition) is 3. The second-order valence-electron chi connectivity index (χ2n) is 4.84. The SMILES string of the molecule is C=CCc1cnc(NC2C(=O)N3C(C(=O)O)=C(Cl)CS[C@H]23)[nH]1. The summed E-state index contributed by atoms with van der Waals surface area (Å²) in [5.41, 5.74) is 0.756. The molecule has 116 valence electrons. The van der Waals surface area contributed by atoms with E-state index in [0.717, 1.165) is 5.69 Å². The summed E-state index contributed by atoms with van der Waals surface area (Å²) in [7, 11) is 0. The Morgan fingerprint density at radius 3 is 3.18 bits per heavy atom. The third-order valence-electron chi connectivity index (χ3n) is 3.41. The van der Waals surface area contributed by atoms with Crippen LogP contribution < -0.4 is 5.32 Å². The number of anilines is 1. The van der Waals surface area contributed by atoms with E-state index < -0.39 is 12.0 Å². The minimum atomic E-state index is -1.19. The Hall–Kier alpha value is -1.93. The Kier molecular flexibility index (Phi) is 3.88. The number of thioether (sulfide) groups is 1. The largest absolute Gasteiger partial charge is 0.477 e. The molecular formula is C13H13ClN4O3S. The lowest BCUT2D eigenvalue weighted by atomic mass is 10.1. The van der Waals surface area contributed by atoms with Gasteiger partial charge in [-0.2, -0.15) is 0 Å². The Balaban J connectivity index is 1.75. The summed E-state index contributed by atoms with van der Waals surface area (Å²) in [6, 6.07) is -0.521. The first-order chi connectivity index (χ1) is 10.5. The number of nitrogens with zero attached hydrogens (tertiary/aromatic N) is 2. The van der Waals surface area contributed by atoms with Crippen molar-refractivity contribution in [2.24, 2.45) is 0 Å². The van der Waals surface area contributed by atoms with E-state index in [0.29, 0.717) is 18.1 Å². The summed E-state index contributed by atoms with van der Waals surface area (Å²) >= 11 is 7.34. The van der Waals surface area contributed by atoms with Gasteiger partial charge in [0, 0.05) is 17.9 Å². The Morgan fingerprint density at radius 1 is 1.73 bits per heavy atom. The molecule has 3 N–H and O–H groups in total. The number of hydrogen-bond acceptors (Lipinski definition) is 5. The topological polar surface area (TPSA) is 98.3 Å². The molecule has 0 bridgehead atoms. The number of amides is 1. The van der Waals surface area contributed by atoms with Crippen molar-refractivity contribution in [2.75, 3.05) is 11.1 Å². The highest BCUT2D eigenvalue weighted by Gasteiger charge is 2.53. The van der Waals surface area contributed by atoms with Gasteiger partial charge in [0.05, 0.1) is 11.2 Å². The van der Waals surface area contributed by atoms with Crippen molar-refractivity contribution in [2.45, 2.75) is 17.8 Å². The van der Waals surface area contributed by atoms with Gasteiger partial charge in [-0.05, 0) is 0 Å². The molecule has 1 aromatic heterocycles. The maximum atomic E-state index is 12.2. The van der Waals surface area contributed by atoms with Crippen LogP contribution in [-0.4, -0.2) is 49.0 Å². The molecule has 1 unspecified atom stereocenters. The van der Waals surface area contributed by atoms with E-state index in [1.165, 1.54) is 16.7 Å². The molecule has 3 rings (SSSR count). The van der Waals surface area contributed by atoms with Crippen LogP contribution in [0.25, 0.3) is 0 Å². The lowest BCUT2D eigenvalue weighted by Gasteiger charge is -2.48. The van der Waals surface area contributed by atoms with Crippen molar-refractivity contribution in [3.8, 4) is 0 Å². The van der Waals surface area contributed by atoms with Crippen molar-refractivity contribution in [3.63, 3.8) is 0 Å². The fraction of sp³-hybridized carbons (Fsp3) is 0.308. The van der Waals surface area contributed by atoms with Gasteiger partial charge < -0.3 is 15.4 Å². The number of carbonyl (C=O) groups is 2. The van der Waals surface area contributed by atoms with Crippen LogP contribution >= 0.6 is 23.4 Å². The van der Waals surface area contributed by atoms with Gasteiger partial charge in [-0.15, -0.1) is 18.3 Å². The zero-order chi connectivity index (χ0) is 15.9.